The summed E-state index contributed by atoms with van der Waals surface area (Å²) in [5.74, 6) is 0.920. The zero-order chi connectivity index (χ0) is 10.4. The number of ketones is 1. The monoisotopic (exact) mass is 185 g/mol. The molecule has 0 bridgehead atoms. The number of hydrogen-bond donors (Lipinski definition) is 1. The summed E-state index contributed by atoms with van der Waals surface area (Å²) in [6.07, 6.45) is 1.05. The number of likely N-dealkylation sites (N-methyl/N-ethyl adjacent to an activating group) is 1. The number of hydrogen-bond acceptors (Lipinski definition) is 2. The van der Waals surface area contributed by atoms with Gasteiger partial charge in [-0.25, -0.2) is 0 Å². The van der Waals surface area contributed by atoms with Gasteiger partial charge in [0.05, 0.1) is 6.04 Å². The van der Waals surface area contributed by atoms with Gasteiger partial charge in [0.25, 0.3) is 0 Å². The van der Waals surface area contributed by atoms with E-state index in [-0.39, 0.29) is 12.0 Å². The van der Waals surface area contributed by atoms with Crippen LogP contribution in [0.25, 0.3) is 0 Å². The number of Topliss-reactive ketones (excluding diaryl/α,β-unsaturated/α-hetero) is 1. The zero-order valence-corrected chi connectivity index (χ0v) is 9.55. The average molecular weight is 185 g/mol. The van der Waals surface area contributed by atoms with E-state index in [0.717, 1.165) is 13.0 Å². The molecule has 0 spiro atoms. The molecule has 0 aromatic heterocycles. The van der Waals surface area contributed by atoms with Crippen LogP contribution in [-0.2, 0) is 4.79 Å². The second-order valence-corrected chi connectivity index (χ2v) is 3.98. The molecule has 0 heterocycles. The van der Waals surface area contributed by atoms with Crippen LogP contribution >= 0.6 is 0 Å². The Labute approximate surface area is 82.1 Å². The predicted octanol–water partition coefficient (Wildman–Crippen LogP) is 2.24. The van der Waals surface area contributed by atoms with Crippen LogP contribution in [0.5, 0.6) is 0 Å². The first kappa shape index (κ1) is 12.6. The first-order valence-corrected chi connectivity index (χ1v) is 5.31. The maximum Gasteiger partial charge on any atom is 0.152 e. The van der Waals surface area contributed by atoms with Crippen molar-refractivity contribution >= 4 is 5.78 Å². The number of carbonyl (C=O) groups is 1. The second-order valence-electron chi connectivity index (χ2n) is 3.98. The Balaban J connectivity index is 4.31. The fourth-order valence-corrected chi connectivity index (χ4v) is 1.40. The van der Waals surface area contributed by atoms with E-state index in [0.29, 0.717) is 11.7 Å². The third-order valence-corrected chi connectivity index (χ3v) is 2.51. The molecule has 0 aliphatic carbocycles. The van der Waals surface area contributed by atoms with Gasteiger partial charge in [-0.2, -0.15) is 0 Å². The number of carbonyl (C=O) groups excluding carboxylic acids is 1. The summed E-state index contributed by atoms with van der Waals surface area (Å²) in [6, 6.07) is 0.0509. The molecule has 0 aromatic carbocycles. The van der Waals surface area contributed by atoms with Gasteiger partial charge in [-0.3, -0.25) is 4.79 Å². The van der Waals surface area contributed by atoms with Gasteiger partial charge >= 0.3 is 0 Å². The molecule has 0 aliphatic heterocycles. The minimum Gasteiger partial charge on any atom is -0.308 e. The molecule has 0 radical (unpaired) electrons. The topological polar surface area (TPSA) is 29.1 Å². The maximum absolute atomic E-state index is 11.8. The van der Waals surface area contributed by atoms with Crippen molar-refractivity contribution in [3.63, 3.8) is 0 Å². The van der Waals surface area contributed by atoms with Crippen LogP contribution in [-0.4, -0.2) is 18.4 Å². The Hall–Kier alpha value is -0.370. The maximum atomic E-state index is 11.8. The molecule has 0 aromatic rings. The van der Waals surface area contributed by atoms with Crippen LogP contribution in [0.3, 0.4) is 0 Å². The van der Waals surface area contributed by atoms with Crippen LogP contribution in [0.4, 0.5) is 0 Å². The van der Waals surface area contributed by atoms with E-state index in [9.17, 15) is 4.79 Å². The highest BCUT2D eigenvalue weighted by Gasteiger charge is 2.24. The van der Waals surface area contributed by atoms with Gasteiger partial charge in [0.1, 0.15) is 0 Å². The van der Waals surface area contributed by atoms with Gasteiger partial charge in [-0.05, 0) is 12.5 Å². The van der Waals surface area contributed by atoms with E-state index in [1.807, 2.05) is 20.8 Å². The van der Waals surface area contributed by atoms with E-state index < -0.39 is 0 Å². The van der Waals surface area contributed by atoms with Crippen LogP contribution in [0.15, 0.2) is 0 Å². The lowest BCUT2D eigenvalue weighted by Gasteiger charge is -2.24. The average Bonchev–Trinajstić information content (AvgIpc) is 2.11. The van der Waals surface area contributed by atoms with E-state index in [2.05, 4.69) is 19.2 Å². The van der Waals surface area contributed by atoms with Crippen molar-refractivity contribution in [2.75, 3.05) is 6.54 Å². The standard InChI is InChI=1S/C11H23NO/c1-6-9(5)10(12-7-2)11(13)8(3)4/h8-10,12H,6-7H2,1-5H3. The van der Waals surface area contributed by atoms with Crippen molar-refractivity contribution in [3.8, 4) is 0 Å². The van der Waals surface area contributed by atoms with Crippen LogP contribution < -0.4 is 5.32 Å². The smallest absolute Gasteiger partial charge is 0.152 e. The summed E-state index contributed by atoms with van der Waals surface area (Å²) >= 11 is 0. The summed E-state index contributed by atoms with van der Waals surface area (Å²) in [7, 11) is 0. The highest BCUT2D eigenvalue weighted by atomic mass is 16.1. The summed E-state index contributed by atoms with van der Waals surface area (Å²) in [6.45, 7) is 11.1. The third-order valence-electron chi connectivity index (χ3n) is 2.51. The predicted molar refractivity (Wildman–Crippen MR) is 56.8 cm³/mol. The quantitative estimate of drug-likeness (QED) is 0.687. The summed E-state index contributed by atoms with van der Waals surface area (Å²) in [5.41, 5.74) is 0. The van der Waals surface area contributed by atoms with Gasteiger partial charge < -0.3 is 5.32 Å². The minimum absolute atomic E-state index is 0.0509. The Morgan fingerprint density at radius 1 is 1.23 bits per heavy atom. The molecule has 0 saturated heterocycles. The molecule has 2 nitrogen and oxygen atoms in total. The van der Waals surface area contributed by atoms with Crippen LogP contribution in [0.2, 0.25) is 0 Å². The molecular formula is C11H23NO. The Morgan fingerprint density at radius 3 is 2.08 bits per heavy atom. The summed E-state index contributed by atoms with van der Waals surface area (Å²) in [4.78, 5) is 11.8. The van der Waals surface area contributed by atoms with Crippen LogP contribution in [0.1, 0.15) is 41.0 Å². The molecular weight excluding hydrogens is 162 g/mol. The molecule has 0 rings (SSSR count). The van der Waals surface area contributed by atoms with Crippen molar-refractivity contribution < 1.29 is 4.79 Å². The van der Waals surface area contributed by atoms with Gasteiger partial charge in [0, 0.05) is 5.92 Å². The first-order chi connectivity index (χ1) is 6.04. The van der Waals surface area contributed by atoms with E-state index in [1.54, 1.807) is 0 Å². The lowest BCUT2D eigenvalue weighted by atomic mass is 9.90. The van der Waals surface area contributed by atoms with Gasteiger partial charge in [0.15, 0.2) is 5.78 Å². The van der Waals surface area contributed by atoms with E-state index in [4.69, 9.17) is 0 Å². The van der Waals surface area contributed by atoms with Crippen LogP contribution in [0, 0.1) is 11.8 Å². The lowest BCUT2D eigenvalue weighted by Crippen LogP contribution is -2.43. The summed E-state index contributed by atoms with van der Waals surface area (Å²) < 4.78 is 0. The third kappa shape index (κ3) is 3.90. The van der Waals surface area contributed by atoms with Gasteiger partial charge in [0.2, 0.25) is 0 Å². The van der Waals surface area contributed by atoms with Gasteiger partial charge in [-0.1, -0.05) is 41.0 Å². The molecule has 78 valence electrons. The van der Waals surface area contributed by atoms with E-state index in [1.165, 1.54) is 0 Å². The fraction of sp³-hybridized carbons (Fsp3) is 0.909. The van der Waals surface area contributed by atoms with Gasteiger partial charge in [-0.15, -0.1) is 0 Å². The van der Waals surface area contributed by atoms with E-state index >= 15 is 0 Å². The molecule has 2 unspecified atom stereocenters. The first-order valence-electron chi connectivity index (χ1n) is 5.31. The SMILES string of the molecule is CCNC(C(=O)C(C)C)C(C)CC. The molecule has 2 heteroatoms. The molecule has 1 N–H and O–H groups in total. The highest BCUT2D eigenvalue weighted by Crippen LogP contribution is 2.12. The normalized spacial score (nSPS) is 15.8. The van der Waals surface area contributed by atoms with Crippen molar-refractivity contribution in [2.24, 2.45) is 11.8 Å². The zero-order valence-electron chi connectivity index (χ0n) is 9.55. The van der Waals surface area contributed by atoms with Crippen molar-refractivity contribution in [2.45, 2.75) is 47.1 Å². The fourth-order valence-electron chi connectivity index (χ4n) is 1.40. The van der Waals surface area contributed by atoms with Crippen molar-refractivity contribution in [1.29, 1.82) is 0 Å². The summed E-state index contributed by atoms with van der Waals surface area (Å²) in [5, 5.41) is 3.26. The minimum atomic E-state index is 0.0509. The lowest BCUT2D eigenvalue weighted by molar-refractivity contribution is -0.125. The molecule has 0 aliphatic rings. The Kier molecular flexibility index (Phi) is 5.97. The second kappa shape index (κ2) is 6.14. The van der Waals surface area contributed by atoms with Crippen molar-refractivity contribution in [3.05, 3.63) is 0 Å². The molecule has 2 atom stereocenters. The molecule has 0 amide bonds. The number of rotatable bonds is 6. The Morgan fingerprint density at radius 2 is 1.77 bits per heavy atom. The Bertz CT molecular complexity index is 154. The molecule has 0 fully saturated rings. The molecule has 13 heavy (non-hydrogen) atoms. The number of nitrogens with one attached hydrogen (secondary N) is 1. The largest absolute Gasteiger partial charge is 0.308 e. The molecule has 0 saturated carbocycles. The highest BCUT2D eigenvalue weighted by molar-refractivity contribution is 5.85. The van der Waals surface area contributed by atoms with Crippen molar-refractivity contribution in [1.82, 2.24) is 5.32 Å².